The Hall–Kier alpha value is -2.19. The van der Waals surface area contributed by atoms with Crippen molar-refractivity contribution in [2.75, 3.05) is 32.8 Å². The van der Waals surface area contributed by atoms with Gasteiger partial charge in [-0.25, -0.2) is 0 Å². The van der Waals surface area contributed by atoms with Crippen molar-refractivity contribution in [2.24, 2.45) is 0 Å². The van der Waals surface area contributed by atoms with Crippen LogP contribution in [0.4, 0.5) is 0 Å². The van der Waals surface area contributed by atoms with E-state index in [1.165, 1.54) is 10.5 Å². The minimum absolute atomic E-state index is 0.0115. The van der Waals surface area contributed by atoms with Crippen molar-refractivity contribution in [3.05, 3.63) is 23.8 Å². The summed E-state index contributed by atoms with van der Waals surface area (Å²) in [4.78, 5) is 13.2. The van der Waals surface area contributed by atoms with E-state index in [-0.39, 0.29) is 5.91 Å². The second kappa shape index (κ2) is 6.71. The first-order valence-corrected chi connectivity index (χ1v) is 7.72. The SMILES string of the molecule is C#CCNC(=O)C[NH+]1CCC[C@H]1c1ccc2c(c1)OCCO2. The lowest BCUT2D eigenvalue weighted by Crippen LogP contribution is -3.11. The van der Waals surface area contributed by atoms with Crippen LogP contribution in [0.2, 0.25) is 0 Å². The number of quaternary nitrogens is 1. The van der Waals surface area contributed by atoms with Gasteiger partial charge in [-0.1, -0.05) is 5.92 Å². The van der Waals surface area contributed by atoms with Gasteiger partial charge in [0.1, 0.15) is 19.3 Å². The van der Waals surface area contributed by atoms with Gasteiger partial charge in [-0.2, -0.15) is 0 Å². The minimum Gasteiger partial charge on any atom is -0.486 e. The predicted molar refractivity (Wildman–Crippen MR) is 81.9 cm³/mol. The maximum Gasteiger partial charge on any atom is 0.275 e. The van der Waals surface area contributed by atoms with Gasteiger partial charge in [0.2, 0.25) is 0 Å². The molecule has 5 heteroatoms. The monoisotopic (exact) mass is 301 g/mol. The second-order valence-corrected chi connectivity index (χ2v) is 5.66. The molecule has 0 saturated carbocycles. The van der Waals surface area contributed by atoms with E-state index in [0.29, 0.717) is 32.3 Å². The molecule has 0 spiro atoms. The lowest BCUT2D eigenvalue weighted by atomic mass is 10.0. The fourth-order valence-corrected chi connectivity index (χ4v) is 3.22. The van der Waals surface area contributed by atoms with Gasteiger partial charge in [-0.15, -0.1) is 6.42 Å². The van der Waals surface area contributed by atoms with E-state index in [9.17, 15) is 4.79 Å². The van der Waals surface area contributed by atoms with Crippen molar-refractivity contribution >= 4 is 5.91 Å². The maximum atomic E-state index is 11.9. The van der Waals surface area contributed by atoms with E-state index < -0.39 is 0 Å². The zero-order valence-corrected chi connectivity index (χ0v) is 12.6. The Morgan fingerprint density at radius 1 is 1.36 bits per heavy atom. The van der Waals surface area contributed by atoms with Crippen LogP contribution in [0.1, 0.15) is 24.4 Å². The Bertz CT molecular complexity index is 594. The molecule has 0 bridgehead atoms. The number of terminal acetylenes is 1. The van der Waals surface area contributed by atoms with Gasteiger partial charge in [0.25, 0.3) is 5.91 Å². The van der Waals surface area contributed by atoms with Crippen LogP contribution in [0.15, 0.2) is 18.2 Å². The largest absolute Gasteiger partial charge is 0.486 e. The summed E-state index contributed by atoms with van der Waals surface area (Å²) in [5, 5.41) is 2.74. The smallest absolute Gasteiger partial charge is 0.275 e. The molecular formula is C17H21N2O3+. The number of ether oxygens (including phenoxy) is 2. The molecular weight excluding hydrogens is 280 g/mol. The average molecular weight is 301 g/mol. The molecule has 3 rings (SSSR count). The number of hydrogen-bond acceptors (Lipinski definition) is 3. The summed E-state index contributed by atoms with van der Waals surface area (Å²) >= 11 is 0. The van der Waals surface area contributed by atoms with E-state index in [1.807, 2.05) is 6.07 Å². The fraction of sp³-hybridized carbons (Fsp3) is 0.471. The highest BCUT2D eigenvalue weighted by Crippen LogP contribution is 2.33. The van der Waals surface area contributed by atoms with E-state index in [0.717, 1.165) is 30.9 Å². The number of fused-ring (bicyclic) bond motifs is 1. The van der Waals surface area contributed by atoms with Crippen LogP contribution in [0.5, 0.6) is 11.5 Å². The highest BCUT2D eigenvalue weighted by atomic mass is 16.6. The van der Waals surface area contributed by atoms with Crippen molar-refractivity contribution in [1.29, 1.82) is 0 Å². The molecule has 1 amide bonds. The third-order valence-electron chi connectivity index (χ3n) is 4.23. The standard InChI is InChI=1S/C17H20N2O3/c1-2-7-18-17(20)12-19-8-3-4-14(19)13-5-6-15-16(11-13)22-10-9-21-15/h1,5-6,11,14H,3-4,7-10,12H2,(H,18,20)/p+1/t14-/m0/s1. The molecule has 1 aromatic carbocycles. The quantitative estimate of drug-likeness (QED) is 0.765. The Balaban J connectivity index is 1.70. The zero-order chi connectivity index (χ0) is 15.4. The molecule has 2 atom stereocenters. The van der Waals surface area contributed by atoms with Crippen LogP contribution >= 0.6 is 0 Å². The Labute approximate surface area is 130 Å². The normalized spacial score (nSPS) is 22.9. The van der Waals surface area contributed by atoms with Gasteiger partial charge in [0.15, 0.2) is 18.0 Å². The minimum atomic E-state index is 0.0115. The number of rotatable bonds is 4. The molecule has 0 radical (unpaired) electrons. The lowest BCUT2D eigenvalue weighted by molar-refractivity contribution is -0.910. The van der Waals surface area contributed by atoms with Gasteiger partial charge < -0.3 is 19.7 Å². The molecule has 0 aromatic heterocycles. The van der Waals surface area contributed by atoms with Crippen molar-refractivity contribution in [1.82, 2.24) is 5.32 Å². The van der Waals surface area contributed by atoms with Crippen molar-refractivity contribution < 1.29 is 19.2 Å². The Kier molecular flexibility index (Phi) is 4.50. The molecule has 5 nitrogen and oxygen atoms in total. The van der Waals surface area contributed by atoms with Gasteiger partial charge in [0.05, 0.1) is 13.1 Å². The van der Waals surface area contributed by atoms with Crippen LogP contribution in [0.25, 0.3) is 0 Å². The Morgan fingerprint density at radius 3 is 3.00 bits per heavy atom. The summed E-state index contributed by atoms with van der Waals surface area (Å²) in [6.07, 6.45) is 7.37. The summed E-state index contributed by atoms with van der Waals surface area (Å²) in [6, 6.07) is 6.44. The molecule has 1 fully saturated rings. The molecule has 2 N–H and O–H groups in total. The maximum absolute atomic E-state index is 11.9. The molecule has 1 unspecified atom stereocenters. The number of hydrogen-bond donors (Lipinski definition) is 2. The average Bonchev–Trinajstić information content (AvgIpc) is 3.00. The molecule has 1 saturated heterocycles. The molecule has 2 heterocycles. The van der Waals surface area contributed by atoms with Crippen LogP contribution in [0.3, 0.4) is 0 Å². The third kappa shape index (κ3) is 3.18. The summed E-state index contributed by atoms with van der Waals surface area (Å²) in [7, 11) is 0. The first-order valence-electron chi connectivity index (χ1n) is 7.72. The Morgan fingerprint density at radius 2 is 2.18 bits per heavy atom. The number of benzene rings is 1. The topological polar surface area (TPSA) is 52.0 Å². The number of amides is 1. The van der Waals surface area contributed by atoms with E-state index in [2.05, 4.69) is 23.4 Å². The molecule has 1 aromatic rings. The van der Waals surface area contributed by atoms with Crippen LogP contribution in [0, 0.1) is 12.3 Å². The number of carbonyl (C=O) groups is 1. The molecule has 2 aliphatic rings. The van der Waals surface area contributed by atoms with Crippen LogP contribution < -0.4 is 19.7 Å². The van der Waals surface area contributed by atoms with Crippen molar-refractivity contribution in [3.63, 3.8) is 0 Å². The molecule has 2 aliphatic heterocycles. The van der Waals surface area contributed by atoms with E-state index >= 15 is 0 Å². The molecule has 0 aliphatic carbocycles. The summed E-state index contributed by atoms with van der Waals surface area (Å²) in [6.45, 7) is 2.94. The summed E-state index contributed by atoms with van der Waals surface area (Å²) in [5.41, 5.74) is 1.21. The van der Waals surface area contributed by atoms with E-state index in [4.69, 9.17) is 15.9 Å². The van der Waals surface area contributed by atoms with Crippen LogP contribution in [-0.2, 0) is 4.79 Å². The van der Waals surface area contributed by atoms with Gasteiger partial charge in [-0.05, 0) is 18.2 Å². The van der Waals surface area contributed by atoms with Crippen molar-refractivity contribution in [2.45, 2.75) is 18.9 Å². The fourth-order valence-electron chi connectivity index (χ4n) is 3.22. The number of carbonyl (C=O) groups excluding carboxylic acids is 1. The van der Waals surface area contributed by atoms with Crippen molar-refractivity contribution in [3.8, 4) is 23.8 Å². The first-order chi connectivity index (χ1) is 10.8. The van der Waals surface area contributed by atoms with Gasteiger partial charge in [0, 0.05) is 18.4 Å². The van der Waals surface area contributed by atoms with Crippen LogP contribution in [-0.4, -0.2) is 38.8 Å². The lowest BCUT2D eigenvalue weighted by Gasteiger charge is -2.23. The first kappa shape index (κ1) is 14.7. The highest BCUT2D eigenvalue weighted by Gasteiger charge is 2.32. The number of nitrogens with one attached hydrogen (secondary N) is 2. The summed E-state index contributed by atoms with van der Waals surface area (Å²) in [5.74, 6) is 4.06. The predicted octanol–water partition coefficient (Wildman–Crippen LogP) is -0.0730. The summed E-state index contributed by atoms with van der Waals surface area (Å²) < 4.78 is 11.2. The third-order valence-corrected chi connectivity index (χ3v) is 4.23. The molecule has 22 heavy (non-hydrogen) atoms. The van der Waals surface area contributed by atoms with E-state index in [1.54, 1.807) is 0 Å². The zero-order valence-electron chi connectivity index (χ0n) is 12.6. The molecule has 116 valence electrons. The van der Waals surface area contributed by atoms with Gasteiger partial charge >= 0.3 is 0 Å². The second-order valence-electron chi connectivity index (χ2n) is 5.66. The number of likely N-dealkylation sites (tertiary alicyclic amines) is 1. The van der Waals surface area contributed by atoms with Gasteiger partial charge in [-0.3, -0.25) is 4.79 Å². The highest BCUT2D eigenvalue weighted by molar-refractivity contribution is 5.77.